The third-order valence-corrected chi connectivity index (χ3v) is 2.69. The molecule has 1 heterocycles. The van der Waals surface area contributed by atoms with Gasteiger partial charge in [-0.15, -0.1) is 0 Å². The molecule has 1 rings (SSSR count). The fraction of sp³-hybridized carbons (Fsp3) is 0.818. The molecule has 1 aliphatic rings. The lowest BCUT2D eigenvalue weighted by molar-refractivity contribution is -0.159. The first-order valence-corrected chi connectivity index (χ1v) is 5.13. The summed E-state index contributed by atoms with van der Waals surface area (Å²) in [6.07, 6.45) is 2.09. The van der Waals surface area contributed by atoms with Crippen LogP contribution < -0.4 is 0 Å². The summed E-state index contributed by atoms with van der Waals surface area (Å²) in [5.74, 6) is -0.430. The Kier molecular flexibility index (Phi) is 3.19. The third kappa shape index (κ3) is 3.30. The first-order valence-electron chi connectivity index (χ1n) is 5.13. The lowest BCUT2D eigenvalue weighted by Gasteiger charge is -2.22. The monoisotopic (exact) mass is 214 g/mol. The van der Waals surface area contributed by atoms with E-state index >= 15 is 0 Å². The number of esters is 1. The van der Waals surface area contributed by atoms with Crippen molar-refractivity contribution in [2.45, 2.75) is 57.8 Å². The quantitative estimate of drug-likeness (QED) is 0.395. The van der Waals surface area contributed by atoms with Crippen LogP contribution in [0.2, 0.25) is 0 Å². The fourth-order valence-corrected chi connectivity index (χ4v) is 1.62. The van der Waals surface area contributed by atoms with Crippen molar-refractivity contribution in [3.05, 3.63) is 0 Å². The van der Waals surface area contributed by atoms with Crippen LogP contribution in [-0.4, -0.2) is 29.6 Å². The number of hydrogen-bond donors (Lipinski definition) is 0. The van der Waals surface area contributed by atoms with E-state index in [0.717, 1.165) is 6.42 Å². The van der Waals surface area contributed by atoms with E-state index in [4.69, 9.17) is 9.47 Å². The molecule has 0 aliphatic carbocycles. The predicted molar refractivity (Wildman–Crippen MR) is 54.4 cm³/mol. The van der Waals surface area contributed by atoms with Crippen molar-refractivity contribution in [1.82, 2.24) is 0 Å². The van der Waals surface area contributed by atoms with E-state index in [9.17, 15) is 9.59 Å². The van der Waals surface area contributed by atoms with Gasteiger partial charge in [-0.05, 0) is 33.6 Å². The van der Waals surface area contributed by atoms with Gasteiger partial charge in [-0.3, -0.25) is 9.59 Å². The molecule has 1 saturated heterocycles. The zero-order valence-electron chi connectivity index (χ0n) is 9.70. The average Bonchev–Trinajstić information content (AvgIpc) is 2.70. The Balaban J connectivity index is 2.40. The molecule has 0 radical (unpaired) electrons. The maximum atomic E-state index is 10.8. The highest BCUT2D eigenvalue weighted by Gasteiger charge is 2.48. The molecule has 0 bridgehead atoms. The van der Waals surface area contributed by atoms with Gasteiger partial charge in [0.1, 0.15) is 0 Å². The summed E-state index contributed by atoms with van der Waals surface area (Å²) < 4.78 is 10.4. The number of rotatable bonds is 5. The topological polar surface area (TPSA) is 55.9 Å². The summed E-state index contributed by atoms with van der Waals surface area (Å²) in [6, 6.07) is 0. The normalized spacial score (nSPS) is 26.5. The van der Waals surface area contributed by atoms with Gasteiger partial charge in [0.15, 0.2) is 11.9 Å². The van der Waals surface area contributed by atoms with E-state index in [2.05, 4.69) is 0 Å². The summed E-state index contributed by atoms with van der Waals surface area (Å²) in [4.78, 5) is 21.6. The van der Waals surface area contributed by atoms with E-state index in [-0.39, 0.29) is 11.7 Å². The van der Waals surface area contributed by atoms with Crippen molar-refractivity contribution in [3.8, 4) is 0 Å². The lowest BCUT2D eigenvalue weighted by atomic mass is 9.97. The molecular weight excluding hydrogens is 196 g/mol. The number of aldehydes is 1. The van der Waals surface area contributed by atoms with Gasteiger partial charge >= 0.3 is 5.97 Å². The van der Waals surface area contributed by atoms with Gasteiger partial charge in [-0.1, -0.05) is 0 Å². The summed E-state index contributed by atoms with van der Waals surface area (Å²) in [5.41, 5.74) is -1.09. The highest BCUT2D eigenvalue weighted by Crippen LogP contribution is 2.39. The van der Waals surface area contributed by atoms with Crippen LogP contribution in [0.3, 0.4) is 0 Å². The van der Waals surface area contributed by atoms with Gasteiger partial charge in [0, 0.05) is 6.92 Å². The predicted octanol–water partition coefficient (Wildman–Crippen LogP) is 1.46. The minimum absolute atomic E-state index is 0.0833. The van der Waals surface area contributed by atoms with Crippen LogP contribution in [0.1, 0.15) is 40.5 Å². The zero-order chi connectivity index (χ0) is 11.7. The lowest BCUT2D eigenvalue weighted by Crippen LogP contribution is -2.33. The highest BCUT2D eigenvalue weighted by atomic mass is 16.6. The second kappa shape index (κ2) is 3.93. The molecule has 2 atom stereocenters. The number of carbonyl (C=O) groups is 2. The maximum absolute atomic E-state index is 10.8. The largest absolute Gasteiger partial charge is 0.452 e. The second-order valence-corrected chi connectivity index (χ2v) is 4.77. The van der Waals surface area contributed by atoms with Crippen LogP contribution in [0.4, 0.5) is 0 Å². The van der Waals surface area contributed by atoms with Crippen LogP contribution in [-0.2, 0) is 19.1 Å². The molecule has 0 aromatic rings. The highest BCUT2D eigenvalue weighted by molar-refractivity contribution is 5.72. The molecule has 15 heavy (non-hydrogen) atoms. The Labute approximate surface area is 89.9 Å². The molecule has 0 spiro atoms. The van der Waals surface area contributed by atoms with Gasteiger partial charge < -0.3 is 9.47 Å². The first kappa shape index (κ1) is 12.2. The standard InChI is InChI=1S/C11H18O4/c1-8(13)14-11(4,7-12)6-5-9-10(2,3)15-9/h7,9H,5-6H2,1-4H3/t9?,11-/m1/s1. The third-order valence-electron chi connectivity index (χ3n) is 2.69. The summed E-state index contributed by atoms with van der Waals surface area (Å²) in [5, 5.41) is 0. The van der Waals surface area contributed by atoms with Gasteiger partial charge in [0.05, 0.1) is 11.7 Å². The van der Waals surface area contributed by atoms with Crippen molar-refractivity contribution < 1.29 is 19.1 Å². The van der Waals surface area contributed by atoms with Crippen LogP contribution in [0, 0.1) is 0 Å². The molecule has 4 heteroatoms. The molecule has 1 fully saturated rings. The summed E-state index contributed by atoms with van der Waals surface area (Å²) in [6.45, 7) is 6.93. The SMILES string of the molecule is CC(=O)O[C@@](C)(C=O)CCC1OC1(C)C. The second-order valence-electron chi connectivity index (χ2n) is 4.77. The Bertz CT molecular complexity index is 272. The van der Waals surface area contributed by atoms with Crippen LogP contribution in [0.25, 0.3) is 0 Å². The zero-order valence-corrected chi connectivity index (χ0v) is 9.70. The minimum Gasteiger partial charge on any atom is -0.452 e. The molecule has 0 saturated carbocycles. The smallest absolute Gasteiger partial charge is 0.303 e. The molecule has 86 valence electrons. The number of carbonyl (C=O) groups excluding carboxylic acids is 2. The van der Waals surface area contributed by atoms with Gasteiger partial charge in [-0.25, -0.2) is 0 Å². The van der Waals surface area contributed by atoms with Crippen LogP contribution >= 0.6 is 0 Å². The number of hydrogen-bond acceptors (Lipinski definition) is 4. The molecule has 0 amide bonds. The Morgan fingerprint density at radius 2 is 2.13 bits per heavy atom. The first-order chi connectivity index (χ1) is 6.79. The Hall–Kier alpha value is -0.900. The molecule has 0 aromatic carbocycles. The maximum Gasteiger partial charge on any atom is 0.303 e. The van der Waals surface area contributed by atoms with Crippen molar-refractivity contribution in [3.63, 3.8) is 0 Å². The molecule has 4 nitrogen and oxygen atoms in total. The molecule has 1 unspecified atom stereocenters. The Morgan fingerprint density at radius 3 is 2.47 bits per heavy atom. The molecular formula is C11H18O4. The number of epoxide rings is 1. The molecule has 0 N–H and O–H groups in total. The minimum atomic E-state index is -1.01. The fourth-order valence-electron chi connectivity index (χ4n) is 1.62. The summed E-state index contributed by atoms with van der Waals surface area (Å²) in [7, 11) is 0. The molecule has 0 aromatic heterocycles. The summed E-state index contributed by atoms with van der Waals surface area (Å²) >= 11 is 0. The van der Waals surface area contributed by atoms with Gasteiger partial charge in [-0.2, -0.15) is 0 Å². The van der Waals surface area contributed by atoms with Gasteiger partial charge in [0.2, 0.25) is 0 Å². The van der Waals surface area contributed by atoms with E-state index in [0.29, 0.717) is 12.7 Å². The van der Waals surface area contributed by atoms with Crippen molar-refractivity contribution >= 4 is 12.3 Å². The van der Waals surface area contributed by atoms with E-state index in [1.807, 2.05) is 13.8 Å². The van der Waals surface area contributed by atoms with E-state index in [1.165, 1.54) is 6.92 Å². The van der Waals surface area contributed by atoms with Crippen molar-refractivity contribution in [2.75, 3.05) is 0 Å². The van der Waals surface area contributed by atoms with Crippen LogP contribution in [0.15, 0.2) is 0 Å². The number of ether oxygens (including phenoxy) is 2. The average molecular weight is 214 g/mol. The Morgan fingerprint density at radius 1 is 1.60 bits per heavy atom. The van der Waals surface area contributed by atoms with Crippen molar-refractivity contribution in [2.24, 2.45) is 0 Å². The molecule has 1 aliphatic heterocycles. The van der Waals surface area contributed by atoms with E-state index in [1.54, 1.807) is 6.92 Å². The van der Waals surface area contributed by atoms with Crippen molar-refractivity contribution in [1.29, 1.82) is 0 Å². The van der Waals surface area contributed by atoms with E-state index < -0.39 is 11.6 Å². The van der Waals surface area contributed by atoms with Gasteiger partial charge in [0.25, 0.3) is 0 Å². The van der Waals surface area contributed by atoms with Crippen LogP contribution in [0.5, 0.6) is 0 Å².